The van der Waals surface area contributed by atoms with E-state index < -0.39 is 0 Å². The number of nitrogens with one attached hydrogen (secondary N) is 1. The van der Waals surface area contributed by atoms with Gasteiger partial charge in [0, 0.05) is 16.4 Å². The van der Waals surface area contributed by atoms with Gasteiger partial charge in [-0.05, 0) is 38.0 Å². The highest BCUT2D eigenvalue weighted by molar-refractivity contribution is 9.09. The molecule has 0 aliphatic heterocycles. The fourth-order valence-corrected chi connectivity index (χ4v) is 2.69. The molecule has 0 aromatic heterocycles. The molecular formula is C13H16BrCl2NO. The third-order valence-corrected chi connectivity index (χ3v) is 4.16. The van der Waals surface area contributed by atoms with Crippen molar-refractivity contribution < 1.29 is 4.79 Å². The van der Waals surface area contributed by atoms with Gasteiger partial charge in [-0.1, -0.05) is 46.1 Å². The first-order valence-corrected chi connectivity index (χ1v) is 7.63. The summed E-state index contributed by atoms with van der Waals surface area (Å²) in [7, 11) is 0. The van der Waals surface area contributed by atoms with Crippen molar-refractivity contribution in [3.05, 3.63) is 33.8 Å². The van der Waals surface area contributed by atoms with E-state index in [-0.39, 0.29) is 11.4 Å². The van der Waals surface area contributed by atoms with Crippen molar-refractivity contribution in [1.82, 2.24) is 5.32 Å². The number of hydrogen-bond acceptors (Lipinski definition) is 1. The van der Waals surface area contributed by atoms with Gasteiger partial charge in [-0.15, -0.1) is 0 Å². The minimum Gasteiger partial charge on any atom is -0.347 e. The predicted octanol–water partition coefficient (Wildman–Crippen LogP) is 4.68. The van der Waals surface area contributed by atoms with Crippen LogP contribution in [0.25, 0.3) is 0 Å². The van der Waals surface area contributed by atoms with Crippen LogP contribution >= 0.6 is 39.1 Å². The van der Waals surface area contributed by atoms with Crippen LogP contribution in [0.1, 0.15) is 37.0 Å². The Morgan fingerprint density at radius 2 is 2.06 bits per heavy atom. The standard InChI is InChI=1S/C13H16BrCl2NO/c1-3-13(2,6-7-14)17-12(18)9-4-5-10(15)11(16)8-9/h4-5,8H,3,6-7H2,1-2H3,(H,17,18). The Kier molecular flexibility index (Phi) is 5.96. The molecule has 1 N–H and O–H groups in total. The van der Waals surface area contributed by atoms with Crippen molar-refractivity contribution in [2.45, 2.75) is 32.2 Å². The van der Waals surface area contributed by atoms with E-state index in [1.54, 1.807) is 18.2 Å². The van der Waals surface area contributed by atoms with Gasteiger partial charge in [0.1, 0.15) is 0 Å². The molecule has 5 heteroatoms. The predicted molar refractivity (Wildman–Crippen MR) is 81.0 cm³/mol. The normalized spacial score (nSPS) is 14.1. The molecule has 100 valence electrons. The first-order chi connectivity index (χ1) is 8.41. The smallest absolute Gasteiger partial charge is 0.251 e. The van der Waals surface area contributed by atoms with Crippen molar-refractivity contribution in [2.24, 2.45) is 0 Å². The molecule has 0 heterocycles. The van der Waals surface area contributed by atoms with Gasteiger partial charge in [0.25, 0.3) is 5.91 Å². The van der Waals surface area contributed by atoms with Crippen LogP contribution in [0.15, 0.2) is 18.2 Å². The van der Waals surface area contributed by atoms with Crippen molar-refractivity contribution in [2.75, 3.05) is 5.33 Å². The van der Waals surface area contributed by atoms with E-state index in [1.807, 2.05) is 6.92 Å². The van der Waals surface area contributed by atoms with Gasteiger partial charge < -0.3 is 5.32 Å². The summed E-state index contributed by atoms with van der Waals surface area (Å²) in [5, 5.41) is 4.73. The Hall–Kier alpha value is -0.250. The molecule has 1 amide bonds. The van der Waals surface area contributed by atoms with Crippen LogP contribution in [-0.2, 0) is 0 Å². The highest BCUT2D eigenvalue weighted by atomic mass is 79.9. The number of carbonyl (C=O) groups excluding carboxylic acids is 1. The Morgan fingerprint density at radius 1 is 1.39 bits per heavy atom. The van der Waals surface area contributed by atoms with E-state index in [0.29, 0.717) is 15.6 Å². The Labute approximate surface area is 126 Å². The molecule has 1 aromatic carbocycles. The third kappa shape index (κ3) is 4.15. The molecule has 1 aromatic rings. The zero-order chi connectivity index (χ0) is 13.8. The topological polar surface area (TPSA) is 29.1 Å². The monoisotopic (exact) mass is 351 g/mol. The van der Waals surface area contributed by atoms with Crippen LogP contribution in [0, 0.1) is 0 Å². The summed E-state index contributed by atoms with van der Waals surface area (Å²) in [6, 6.07) is 4.89. The summed E-state index contributed by atoms with van der Waals surface area (Å²) < 4.78 is 0. The van der Waals surface area contributed by atoms with Crippen LogP contribution in [0.5, 0.6) is 0 Å². The third-order valence-electron chi connectivity index (χ3n) is 3.02. The maximum atomic E-state index is 12.1. The number of halogens is 3. The molecule has 1 unspecified atom stereocenters. The Balaban J connectivity index is 2.84. The second kappa shape index (κ2) is 6.78. The molecule has 0 radical (unpaired) electrons. The second-order valence-corrected chi connectivity index (χ2v) is 6.04. The van der Waals surface area contributed by atoms with Gasteiger partial charge in [0.15, 0.2) is 0 Å². The minimum atomic E-state index is -0.216. The molecule has 1 rings (SSSR count). The number of hydrogen-bond donors (Lipinski definition) is 1. The molecule has 0 aliphatic rings. The van der Waals surface area contributed by atoms with Gasteiger partial charge in [-0.25, -0.2) is 0 Å². The van der Waals surface area contributed by atoms with E-state index in [1.165, 1.54) is 0 Å². The van der Waals surface area contributed by atoms with Gasteiger partial charge in [-0.2, -0.15) is 0 Å². The minimum absolute atomic E-state index is 0.126. The second-order valence-electron chi connectivity index (χ2n) is 4.44. The van der Waals surface area contributed by atoms with Gasteiger partial charge in [0.2, 0.25) is 0 Å². The molecule has 18 heavy (non-hydrogen) atoms. The molecule has 0 bridgehead atoms. The largest absolute Gasteiger partial charge is 0.347 e. The van der Waals surface area contributed by atoms with E-state index in [9.17, 15) is 4.79 Å². The summed E-state index contributed by atoms with van der Waals surface area (Å²) in [4.78, 5) is 12.1. The molecule has 2 nitrogen and oxygen atoms in total. The van der Waals surface area contributed by atoms with Crippen LogP contribution < -0.4 is 5.32 Å². The molecule has 0 saturated heterocycles. The zero-order valence-corrected chi connectivity index (χ0v) is 13.5. The van der Waals surface area contributed by atoms with E-state index in [2.05, 4.69) is 28.2 Å². The lowest BCUT2D eigenvalue weighted by Gasteiger charge is -2.29. The number of carbonyl (C=O) groups is 1. The molecule has 0 fully saturated rings. The molecule has 1 atom stereocenters. The lowest BCUT2D eigenvalue weighted by atomic mass is 9.95. The van der Waals surface area contributed by atoms with E-state index >= 15 is 0 Å². The summed E-state index contributed by atoms with van der Waals surface area (Å²) in [5.41, 5.74) is 0.311. The average Bonchev–Trinajstić information content (AvgIpc) is 2.32. The van der Waals surface area contributed by atoms with Crippen LogP contribution in [-0.4, -0.2) is 16.8 Å². The highest BCUT2D eigenvalue weighted by Crippen LogP contribution is 2.23. The van der Waals surface area contributed by atoms with Gasteiger partial charge in [0.05, 0.1) is 10.0 Å². The SMILES string of the molecule is CCC(C)(CCBr)NC(=O)c1ccc(Cl)c(Cl)c1. The molecule has 0 saturated carbocycles. The highest BCUT2D eigenvalue weighted by Gasteiger charge is 2.24. The lowest BCUT2D eigenvalue weighted by Crippen LogP contribution is -2.45. The molecule has 0 aliphatic carbocycles. The summed E-state index contributed by atoms with van der Waals surface area (Å²) in [5.74, 6) is -0.126. The zero-order valence-electron chi connectivity index (χ0n) is 10.4. The average molecular weight is 353 g/mol. The van der Waals surface area contributed by atoms with Gasteiger partial charge in [-0.3, -0.25) is 4.79 Å². The van der Waals surface area contributed by atoms with Crippen molar-refractivity contribution in [3.63, 3.8) is 0 Å². The first-order valence-electron chi connectivity index (χ1n) is 5.75. The lowest BCUT2D eigenvalue weighted by molar-refractivity contribution is 0.0902. The Bertz CT molecular complexity index is 439. The van der Waals surface area contributed by atoms with Crippen molar-refractivity contribution >= 4 is 45.0 Å². The van der Waals surface area contributed by atoms with Crippen LogP contribution in [0.4, 0.5) is 0 Å². The maximum absolute atomic E-state index is 12.1. The van der Waals surface area contributed by atoms with Crippen LogP contribution in [0.3, 0.4) is 0 Å². The fraction of sp³-hybridized carbons (Fsp3) is 0.462. The number of alkyl halides is 1. The van der Waals surface area contributed by atoms with E-state index in [4.69, 9.17) is 23.2 Å². The maximum Gasteiger partial charge on any atom is 0.251 e. The number of amides is 1. The summed E-state index contributed by atoms with van der Waals surface area (Å²) >= 11 is 15.1. The molecule has 0 spiro atoms. The Morgan fingerprint density at radius 3 is 2.56 bits per heavy atom. The number of benzene rings is 1. The first kappa shape index (κ1) is 15.8. The summed E-state index contributed by atoms with van der Waals surface area (Å²) in [6.07, 6.45) is 1.74. The van der Waals surface area contributed by atoms with Gasteiger partial charge >= 0.3 is 0 Å². The molecular weight excluding hydrogens is 337 g/mol. The summed E-state index contributed by atoms with van der Waals surface area (Å²) in [6.45, 7) is 4.08. The van der Waals surface area contributed by atoms with Crippen LogP contribution in [0.2, 0.25) is 10.0 Å². The van der Waals surface area contributed by atoms with E-state index in [0.717, 1.165) is 18.2 Å². The number of rotatable bonds is 5. The fourth-order valence-electron chi connectivity index (χ4n) is 1.52. The quantitative estimate of drug-likeness (QED) is 0.766. The van der Waals surface area contributed by atoms with Crippen molar-refractivity contribution in [3.8, 4) is 0 Å². The van der Waals surface area contributed by atoms with Crippen molar-refractivity contribution in [1.29, 1.82) is 0 Å².